The number of aromatic nitrogens is 3. The fraction of sp³-hybridized carbons (Fsp3) is 0.458. The van der Waals surface area contributed by atoms with E-state index in [1.807, 2.05) is 18.2 Å². The maximum absolute atomic E-state index is 6.50. The summed E-state index contributed by atoms with van der Waals surface area (Å²) in [5.74, 6) is 2.48. The smallest absolute Gasteiger partial charge is 0.213 e. The van der Waals surface area contributed by atoms with Crippen LogP contribution in [0.1, 0.15) is 24.1 Å². The molecule has 2 aliphatic heterocycles. The van der Waals surface area contributed by atoms with Crippen LogP contribution in [0, 0.1) is 5.92 Å². The van der Waals surface area contributed by atoms with E-state index in [-0.39, 0.29) is 30.9 Å². The van der Waals surface area contributed by atoms with Gasteiger partial charge < -0.3 is 24.8 Å². The summed E-state index contributed by atoms with van der Waals surface area (Å²) in [5, 5.41) is 0.649. The first-order chi connectivity index (χ1) is 16.1. The van der Waals surface area contributed by atoms with Crippen molar-refractivity contribution in [3.63, 3.8) is 0 Å². The van der Waals surface area contributed by atoms with E-state index in [0.717, 1.165) is 66.9 Å². The van der Waals surface area contributed by atoms with E-state index in [0.29, 0.717) is 35.7 Å². The van der Waals surface area contributed by atoms with E-state index in [1.165, 1.54) is 0 Å². The third kappa shape index (κ3) is 6.01. The number of hydrogen-bond acceptors (Lipinski definition) is 8. The molecule has 5 rings (SSSR count). The Balaban J connectivity index is 0.00000171. The van der Waals surface area contributed by atoms with Crippen molar-refractivity contribution < 1.29 is 14.2 Å². The molecule has 2 N–H and O–H groups in total. The monoisotopic (exact) mass is 541 g/mol. The highest BCUT2D eigenvalue weighted by atomic mass is 35.5. The Morgan fingerprint density at radius 3 is 2.69 bits per heavy atom. The van der Waals surface area contributed by atoms with E-state index >= 15 is 0 Å². The molecular weight excluding hydrogens is 513 g/mol. The molecule has 3 aromatic heterocycles. The van der Waals surface area contributed by atoms with Crippen LogP contribution >= 0.6 is 36.4 Å². The number of halogens is 3. The van der Waals surface area contributed by atoms with Crippen molar-refractivity contribution in [3.8, 4) is 17.4 Å². The first kappa shape index (κ1) is 27.5. The van der Waals surface area contributed by atoms with E-state index in [9.17, 15) is 0 Å². The van der Waals surface area contributed by atoms with Gasteiger partial charge >= 0.3 is 0 Å². The van der Waals surface area contributed by atoms with Crippen LogP contribution in [0.2, 0.25) is 5.02 Å². The van der Waals surface area contributed by atoms with Gasteiger partial charge in [0.05, 0.1) is 35.1 Å². The largest absolute Gasteiger partial charge is 0.486 e. The molecule has 190 valence electrons. The lowest BCUT2D eigenvalue weighted by molar-refractivity contribution is 0.0204. The minimum atomic E-state index is 0. The minimum Gasteiger partial charge on any atom is -0.486 e. The standard InChI is InChI=1S/C24H28ClN5O3.2ClH/c1-31-23-3-2-19-24(29-23)17(18(25)12-28-19)6-9-30-7-4-15(5-8-30)22-14-32-20-10-16(11-26)27-13-21(20)33-22;;/h2-3,10,12-13,15,22H,4-9,11,14,26H2,1H3;2*1H. The molecule has 3 aromatic rings. The van der Waals surface area contributed by atoms with Crippen molar-refractivity contribution in [2.24, 2.45) is 11.7 Å². The van der Waals surface area contributed by atoms with Gasteiger partial charge in [-0.05, 0) is 38.4 Å². The SMILES string of the molecule is COc1ccc2ncc(Cl)c(CCN3CCC(C4COc5cc(CN)ncc5O4)CC3)c2n1.Cl.Cl. The molecule has 0 bridgehead atoms. The van der Waals surface area contributed by atoms with Gasteiger partial charge in [-0.15, -0.1) is 24.8 Å². The summed E-state index contributed by atoms with van der Waals surface area (Å²) < 4.78 is 17.5. The second-order valence-corrected chi connectivity index (χ2v) is 8.94. The zero-order chi connectivity index (χ0) is 22.8. The van der Waals surface area contributed by atoms with E-state index in [4.69, 9.17) is 31.5 Å². The number of piperidine rings is 1. The summed E-state index contributed by atoms with van der Waals surface area (Å²) in [7, 11) is 1.61. The molecule has 8 nitrogen and oxygen atoms in total. The molecule has 11 heteroatoms. The van der Waals surface area contributed by atoms with Gasteiger partial charge in [-0.3, -0.25) is 9.97 Å². The van der Waals surface area contributed by atoms with Gasteiger partial charge in [-0.2, -0.15) is 0 Å². The quantitative estimate of drug-likeness (QED) is 0.498. The number of likely N-dealkylation sites (tertiary alicyclic amines) is 1. The van der Waals surface area contributed by atoms with Gasteiger partial charge in [0, 0.05) is 42.9 Å². The van der Waals surface area contributed by atoms with Crippen LogP contribution in [0.5, 0.6) is 17.4 Å². The van der Waals surface area contributed by atoms with Gasteiger partial charge in [0.15, 0.2) is 11.5 Å². The van der Waals surface area contributed by atoms with Crippen molar-refractivity contribution in [3.05, 3.63) is 46.9 Å². The third-order valence-corrected chi connectivity index (χ3v) is 6.89. The molecule has 0 amide bonds. The number of nitrogens with two attached hydrogens (primary N) is 1. The molecule has 1 fully saturated rings. The van der Waals surface area contributed by atoms with Gasteiger partial charge in [-0.1, -0.05) is 11.6 Å². The zero-order valence-electron chi connectivity index (χ0n) is 19.5. The first-order valence-corrected chi connectivity index (χ1v) is 11.7. The Hall–Kier alpha value is -2.10. The summed E-state index contributed by atoms with van der Waals surface area (Å²) in [6, 6.07) is 5.61. The summed E-state index contributed by atoms with van der Waals surface area (Å²) >= 11 is 6.50. The van der Waals surface area contributed by atoms with E-state index < -0.39 is 0 Å². The molecule has 0 spiro atoms. The average molecular weight is 543 g/mol. The van der Waals surface area contributed by atoms with Crippen molar-refractivity contribution in [1.82, 2.24) is 19.9 Å². The number of hydrogen-bond donors (Lipinski definition) is 1. The van der Waals surface area contributed by atoms with Crippen LogP contribution in [-0.4, -0.2) is 59.3 Å². The summed E-state index contributed by atoms with van der Waals surface area (Å²) in [6.07, 6.45) is 6.44. The molecule has 1 unspecified atom stereocenters. The predicted molar refractivity (Wildman–Crippen MR) is 141 cm³/mol. The molecule has 2 aliphatic rings. The van der Waals surface area contributed by atoms with Crippen LogP contribution in [0.4, 0.5) is 0 Å². The molecule has 0 aromatic carbocycles. The van der Waals surface area contributed by atoms with Gasteiger partial charge in [-0.25, -0.2) is 4.98 Å². The third-order valence-electron chi connectivity index (χ3n) is 6.56. The van der Waals surface area contributed by atoms with Gasteiger partial charge in [0.2, 0.25) is 5.88 Å². The number of fused-ring (bicyclic) bond motifs is 2. The predicted octanol–water partition coefficient (Wildman–Crippen LogP) is 4.08. The molecule has 1 atom stereocenters. The topological polar surface area (TPSA) is 95.6 Å². The zero-order valence-corrected chi connectivity index (χ0v) is 21.9. The van der Waals surface area contributed by atoms with Crippen molar-refractivity contribution >= 4 is 47.4 Å². The number of pyridine rings is 3. The van der Waals surface area contributed by atoms with Gasteiger partial charge in [0.25, 0.3) is 0 Å². The lowest BCUT2D eigenvalue weighted by Gasteiger charge is -2.37. The average Bonchev–Trinajstić information content (AvgIpc) is 2.87. The molecule has 0 saturated carbocycles. The second kappa shape index (κ2) is 12.2. The van der Waals surface area contributed by atoms with Crippen molar-refractivity contribution in [2.45, 2.75) is 31.9 Å². The maximum atomic E-state index is 6.50. The van der Waals surface area contributed by atoms with Crippen LogP contribution in [0.3, 0.4) is 0 Å². The number of ether oxygens (including phenoxy) is 3. The minimum absolute atomic E-state index is 0. The first-order valence-electron chi connectivity index (χ1n) is 11.3. The number of nitrogens with zero attached hydrogens (tertiary/aromatic N) is 4. The highest BCUT2D eigenvalue weighted by Gasteiger charge is 2.32. The number of methoxy groups -OCH3 is 1. The molecule has 0 aliphatic carbocycles. The highest BCUT2D eigenvalue weighted by Crippen LogP contribution is 2.35. The lowest BCUT2D eigenvalue weighted by atomic mass is 9.91. The Kier molecular flexibility index (Phi) is 9.61. The van der Waals surface area contributed by atoms with Crippen molar-refractivity contribution in [2.75, 3.05) is 33.4 Å². The van der Waals surface area contributed by atoms with Crippen LogP contribution < -0.4 is 19.9 Å². The summed E-state index contributed by atoms with van der Waals surface area (Å²) in [6.45, 7) is 3.90. The normalized spacial score (nSPS) is 18.0. The lowest BCUT2D eigenvalue weighted by Crippen LogP contribution is -2.43. The number of rotatable bonds is 6. The van der Waals surface area contributed by atoms with Crippen LogP contribution in [0.15, 0.2) is 30.6 Å². The van der Waals surface area contributed by atoms with Crippen molar-refractivity contribution in [1.29, 1.82) is 0 Å². The fourth-order valence-corrected chi connectivity index (χ4v) is 4.86. The van der Waals surface area contributed by atoms with E-state index in [2.05, 4.69) is 19.9 Å². The van der Waals surface area contributed by atoms with E-state index in [1.54, 1.807) is 19.5 Å². The fourth-order valence-electron chi connectivity index (χ4n) is 4.63. The molecule has 35 heavy (non-hydrogen) atoms. The Bertz CT molecular complexity index is 1140. The Morgan fingerprint density at radius 1 is 1.14 bits per heavy atom. The molecule has 1 saturated heterocycles. The Morgan fingerprint density at radius 2 is 1.94 bits per heavy atom. The van der Waals surface area contributed by atoms with Crippen LogP contribution in [-0.2, 0) is 13.0 Å². The highest BCUT2D eigenvalue weighted by molar-refractivity contribution is 6.32. The van der Waals surface area contributed by atoms with Gasteiger partial charge in [0.1, 0.15) is 12.7 Å². The van der Waals surface area contributed by atoms with Crippen LogP contribution in [0.25, 0.3) is 11.0 Å². The maximum Gasteiger partial charge on any atom is 0.213 e. The molecular formula is C24H30Cl3N5O3. The summed E-state index contributed by atoms with van der Waals surface area (Å²) in [5.41, 5.74) is 9.14. The molecule has 5 heterocycles. The summed E-state index contributed by atoms with van der Waals surface area (Å²) in [4.78, 5) is 15.8. The Labute approximate surface area is 222 Å². The second-order valence-electron chi connectivity index (χ2n) is 8.53. The molecule has 0 radical (unpaired) electrons.